The average molecular weight is 712 g/mol. The molecule has 0 N–H and O–H groups in total. The van der Waals surface area contributed by atoms with Crippen molar-refractivity contribution in [1.29, 1.82) is 0 Å². The fourth-order valence-electron chi connectivity index (χ4n) is 6.61. The lowest BCUT2D eigenvalue weighted by Crippen LogP contribution is -2.11. The molecule has 6 aromatic carbocycles. The number of fused-ring (bicyclic) bond motifs is 4. The predicted octanol–water partition coefficient (Wildman–Crippen LogP) is 12.3. The topological polar surface area (TPSA) is 34.1 Å². The maximum Gasteiger partial charge on any atom is 0.196 e. The summed E-state index contributed by atoms with van der Waals surface area (Å²) in [6.07, 6.45) is 0. The largest absolute Gasteiger partial charge is 0.289 e. The monoisotopic (exact) mass is 711 g/mol. The molecule has 0 fully saturated rings. The molecule has 0 aliphatic carbocycles. The molecule has 0 amide bonds. The first-order chi connectivity index (χ1) is 23.2. The molecule has 8 aromatic rings. The van der Waals surface area contributed by atoms with Gasteiger partial charge in [-0.3, -0.25) is 9.59 Å². The van der Waals surface area contributed by atoms with Crippen molar-refractivity contribution >= 4 is 85.7 Å². The van der Waals surface area contributed by atoms with Crippen molar-refractivity contribution in [3.8, 4) is 0 Å². The predicted molar refractivity (Wildman–Crippen MR) is 216 cm³/mol. The molecule has 0 spiro atoms. The summed E-state index contributed by atoms with van der Waals surface area (Å²) in [7, 11) is -0.430. The molecule has 2 nitrogen and oxygen atoms in total. The van der Waals surface area contributed by atoms with Crippen molar-refractivity contribution in [3.63, 3.8) is 0 Å². The molecule has 1 atom stereocenters. The van der Waals surface area contributed by atoms with E-state index < -0.39 is 10.9 Å². The van der Waals surface area contributed by atoms with E-state index in [4.69, 9.17) is 0 Å². The number of hydrogen-bond acceptors (Lipinski definition) is 5. The summed E-state index contributed by atoms with van der Waals surface area (Å²) in [4.78, 5) is 33.0. The smallest absolute Gasteiger partial charge is 0.196 e. The van der Waals surface area contributed by atoms with Gasteiger partial charge >= 0.3 is 0 Å². The normalized spacial score (nSPS) is 12.1. The lowest BCUT2D eigenvalue weighted by molar-refractivity contribution is 1.14. The maximum absolute atomic E-state index is 13.8. The van der Waals surface area contributed by atoms with Crippen LogP contribution in [0.5, 0.6) is 0 Å². The highest BCUT2D eigenvalue weighted by atomic mass is 32.2. The van der Waals surface area contributed by atoms with E-state index in [1.54, 1.807) is 34.4 Å². The van der Waals surface area contributed by atoms with Gasteiger partial charge in [-0.1, -0.05) is 49.5 Å². The summed E-state index contributed by atoms with van der Waals surface area (Å²) in [5, 5.41) is 3.10. The third-order valence-electron chi connectivity index (χ3n) is 8.63. The van der Waals surface area contributed by atoms with Crippen LogP contribution in [0, 0.1) is 27.7 Å². The minimum Gasteiger partial charge on any atom is -0.289 e. The standard InChI is InChI=1S/C42H31O2S4.CH4/c1-24-17-25(2)19-31(18-24)48(30-14-16-39-35(23-30)41(44)33-10-6-8-12-37(33)47-39)42-26(3)20-29(21-27(42)4)45-28-13-15-38-34(22-28)40(43)32-9-5-7-11-36(32)46-38;/h5-23H,1-4H3;1H4/q+1;. The highest BCUT2D eigenvalue weighted by Crippen LogP contribution is 2.41. The Morgan fingerprint density at radius 3 is 1.59 bits per heavy atom. The molecule has 2 heterocycles. The molecule has 1 unspecified atom stereocenters. The summed E-state index contributed by atoms with van der Waals surface area (Å²) in [5.41, 5.74) is 5.06. The molecule has 0 saturated carbocycles. The molecule has 0 saturated heterocycles. The van der Waals surface area contributed by atoms with E-state index in [2.05, 4.69) is 88.4 Å². The van der Waals surface area contributed by atoms with E-state index in [1.165, 1.54) is 32.0 Å². The maximum atomic E-state index is 13.8. The van der Waals surface area contributed by atoms with E-state index in [0.717, 1.165) is 55.0 Å². The Labute approximate surface area is 301 Å². The van der Waals surface area contributed by atoms with Gasteiger partial charge in [0, 0.05) is 67.3 Å². The second-order valence-corrected chi connectivity index (χ2v) is 17.6. The average Bonchev–Trinajstić information content (AvgIpc) is 3.06. The third kappa shape index (κ3) is 6.12. The first kappa shape index (κ1) is 33.3. The Balaban J connectivity index is 0.00000378. The van der Waals surface area contributed by atoms with Crippen LogP contribution < -0.4 is 10.9 Å². The minimum atomic E-state index is -0.430. The van der Waals surface area contributed by atoms with Crippen molar-refractivity contribution in [1.82, 2.24) is 0 Å². The third-order valence-corrected chi connectivity index (χ3v) is 14.4. The molecule has 0 radical (unpaired) electrons. The van der Waals surface area contributed by atoms with Crippen LogP contribution in [-0.2, 0) is 10.9 Å². The SMILES string of the molecule is C.Cc1cc(C)cc([S+](c2ccc3sc4ccccc4c(=O)c3c2)c2c(C)cc(Sc3ccc4sc5ccccc5c(=O)c4c3)cc2C)c1. The van der Waals surface area contributed by atoms with Crippen LogP contribution in [0.25, 0.3) is 40.3 Å². The summed E-state index contributed by atoms with van der Waals surface area (Å²) >= 11 is 5.03. The van der Waals surface area contributed by atoms with Gasteiger partial charge in [-0.15, -0.1) is 22.7 Å². The Morgan fingerprint density at radius 1 is 0.490 bits per heavy atom. The van der Waals surface area contributed by atoms with Gasteiger partial charge in [-0.25, -0.2) is 0 Å². The van der Waals surface area contributed by atoms with E-state index in [1.807, 2.05) is 54.6 Å². The van der Waals surface area contributed by atoms with Gasteiger partial charge in [0.15, 0.2) is 25.5 Å². The summed E-state index contributed by atoms with van der Waals surface area (Å²) in [6, 6.07) is 39.8. The Bertz CT molecular complexity index is 2660. The minimum absolute atomic E-state index is 0. The molecule has 2 aromatic heterocycles. The molecule has 242 valence electrons. The fourth-order valence-corrected chi connectivity index (χ4v) is 12.3. The zero-order valence-electron chi connectivity index (χ0n) is 26.9. The summed E-state index contributed by atoms with van der Waals surface area (Å²) in [5.74, 6) is 0. The molecule has 0 aliphatic heterocycles. The van der Waals surface area contributed by atoms with E-state index in [-0.39, 0.29) is 18.3 Å². The first-order valence-electron chi connectivity index (χ1n) is 15.8. The van der Waals surface area contributed by atoms with E-state index in [9.17, 15) is 9.59 Å². The van der Waals surface area contributed by atoms with Crippen LogP contribution in [0.1, 0.15) is 29.7 Å². The molecule has 8 rings (SSSR count). The highest BCUT2D eigenvalue weighted by molar-refractivity contribution is 7.99. The second-order valence-electron chi connectivity index (χ2n) is 12.3. The summed E-state index contributed by atoms with van der Waals surface area (Å²) in [6.45, 7) is 8.72. The second kappa shape index (κ2) is 13.3. The molecular formula is C43H35O2S4+. The fraction of sp³-hybridized carbons (Fsp3) is 0.116. The molecular weight excluding hydrogens is 677 g/mol. The van der Waals surface area contributed by atoms with Gasteiger partial charge in [0.1, 0.15) is 0 Å². The lowest BCUT2D eigenvalue weighted by atomic mass is 10.1. The van der Waals surface area contributed by atoms with Crippen LogP contribution >= 0.6 is 34.4 Å². The lowest BCUT2D eigenvalue weighted by Gasteiger charge is -2.16. The first-order valence-corrected chi connectivity index (χ1v) is 19.4. The van der Waals surface area contributed by atoms with Crippen molar-refractivity contribution in [2.24, 2.45) is 0 Å². The number of rotatable bonds is 5. The van der Waals surface area contributed by atoms with Crippen LogP contribution in [0.15, 0.2) is 149 Å². The quantitative estimate of drug-likeness (QED) is 0.132. The molecule has 0 aliphatic rings. The van der Waals surface area contributed by atoms with Gasteiger partial charge < -0.3 is 0 Å². The van der Waals surface area contributed by atoms with E-state index >= 15 is 0 Å². The zero-order chi connectivity index (χ0) is 33.1. The van der Waals surface area contributed by atoms with Crippen LogP contribution in [0.3, 0.4) is 0 Å². The van der Waals surface area contributed by atoms with E-state index in [0.29, 0.717) is 0 Å². The molecule has 0 bridgehead atoms. The van der Waals surface area contributed by atoms with Gasteiger partial charge in [0.05, 0.1) is 10.9 Å². The number of benzene rings is 6. The molecule has 49 heavy (non-hydrogen) atoms. The summed E-state index contributed by atoms with van der Waals surface area (Å²) < 4.78 is 4.05. The van der Waals surface area contributed by atoms with Gasteiger partial charge in [-0.05, 0) is 118 Å². The van der Waals surface area contributed by atoms with Crippen LogP contribution in [0.2, 0.25) is 0 Å². The van der Waals surface area contributed by atoms with Crippen molar-refractivity contribution in [3.05, 3.63) is 158 Å². The van der Waals surface area contributed by atoms with Gasteiger partial charge in [-0.2, -0.15) is 0 Å². The van der Waals surface area contributed by atoms with Crippen molar-refractivity contribution < 1.29 is 0 Å². The van der Waals surface area contributed by atoms with Crippen molar-refractivity contribution in [2.45, 2.75) is 59.6 Å². The Hall–Kier alpha value is -4.20. The Morgan fingerprint density at radius 2 is 1.00 bits per heavy atom. The Kier molecular flexibility index (Phi) is 9.01. The molecule has 6 heteroatoms. The van der Waals surface area contributed by atoms with Gasteiger partial charge in [0.25, 0.3) is 0 Å². The highest BCUT2D eigenvalue weighted by Gasteiger charge is 2.33. The van der Waals surface area contributed by atoms with Crippen LogP contribution in [-0.4, -0.2) is 0 Å². The van der Waals surface area contributed by atoms with Crippen LogP contribution in [0.4, 0.5) is 0 Å². The van der Waals surface area contributed by atoms with Gasteiger partial charge in [0.2, 0.25) is 0 Å². The van der Waals surface area contributed by atoms with Crippen molar-refractivity contribution in [2.75, 3.05) is 0 Å². The number of hydrogen-bond donors (Lipinski definition) is 0. The number of aryl methyl sites for hydroxylation is 4. The zero-order valence-corrected chi connectivity index (χ0v) is 30.2.